The van der Waals surface area contributed by atoms with Gasteiger partial charge >= 0.3 is 0 Å². The molecule has 1 N–H and O–H groups in total. The van der Waals surface area contributed by atoms with E-state index in [1.54, 1.807) is 0 Å². The molecule has 0 aromatic rings. The summed E-state index contributed by atoms with van der Waals surface area (Å²) in [4.78, 5) is 14.7. The second kappa shape index (κ2) is 4.97. The van der Waals surface area contributed by atoms with Crippen molar-refractivity contribution in [3.8, 4) is 0 Å². The first-order valence-corrected chi connectivity index (χ1v) is 7.07. The van der Waals surface area contributed by atoms with E-state index in [4.69, 9.17) is 0 Å². The Bertz CT molecular complexity index is 290. The van der Waals surface area contributed by atoms with Crippen molar-refractivity contribution in [2.45, 2.75) is 40.2 Å². The number of nitrogens with one attached hydrogen (secondary N) is 1. The van der Waals surface area contributed by atoms with E-state index < -0.39 is 0 Å². The Balaban J connectivity index is 2.08. The Morgan fingerprint density at radius 3 is 2.65 bits per heavy atom. The Morgan fingerprint density at radius 2 is 2.06 bits per heavy atom. The normalized spacial score (nSPS) is 34.2. The van der Waals surface area contributed by atoms with E-state index in [9.17, 15) is 4.79 Å². The van der Waals surface area contributed by atoms with Gasteiger partial charge in [0.05, 0.1) is 0 Å². The van der Waals surface area contributed by atoms with Crippen LogP contribution in [-0.4, -0.2) is 36.5 Å². The highest BCUT2D eigenvalue weighted by Crippen LogP contribution is 2.35. The lowest BCUT2D eigenvalue weighted by Crippen LogP contribution is -2.43. The summed E-state index contributed by atoms with van der Waals surface area (Å²) in [5.74, 6) is 2.38. The number of nitrogens with zero attached hydrogens (tertiary/aromatic N) is 1. The van der Waals surface area contributed by atoms with Crippen molar-refractivity contribution in [3.05, 3.63) is 0 Å². The van der Waals surface area contributed by atoms with Crippen LogP contribution < -0.4 is 5.32 Å². The third-order valence-electron chi connectivity index (χ3n) is 4.81. The lowest BCUT2D eigenvalue weighted by atomic mass is 9.92. The molecule has 2 heterocycles. The summed E-state index contributed by atoms with van der Waals surface area (Å²) in [5, 5.41) is 3.46. The predicted octanol–water partition coefficient (Wildman–Crippen LogP) is 1.73. The summed E-state index contributed by atoms with van der Waals surface area (Å²) < 4.78 is 0. The summed E-state index contributed by atoms with van der Waals surface area (Å²) in [5.41, 5.74) is 0. The first-order chi connectivity index (χ1) is 8.06. The van der Waals surface area contributed by atoms with Gasteiger partial charge in [0.25, 0.3) is 0 Å². The molecule has 0 saturated carbocycles. The summed E-state index contributed by atoms with van der Waals surface area (Å²) in [7, 11) is 0. The van der Waals surface area contributed by atoms with Crippen molar-refractivity contribution in [1.82, 2.24) is 10.2 Å². The third-order valence-corrected chi connectivity index (χ3v) is 4.81. The maximum atomic E-state index is 12.5. The van der Waals surface area contributed by atoms with Gasteiger partial charge in [0, 0.05) is 31.6 Å². The van der Waals surface area contributed by atoms with Crippen LogP contribution in [0.5, 0.6) is 0 Å². The predicted molar refractivity (Wildman–Crippen MR) is 69.6 cm³/mol. The molecule has 0 spiro atoms. The van der Waals surface area contributed by atoms with E-state index in [1.165, 1.54) is 0 Å². The molecular weight excluding hydrogens is 212 g/mol. The molecule has 0 radical (unpaired) electrons. The van der Waals surface area contributed by atoms with Crippen LogP contribution in [0.4, 0.5) is 0 Å². The van der Waals surface area contributed by atoms with Gasteiger partial charge in [-0.05, 0) is 24.2 Å². The van der Waals surface area contributed by atoms with Crippen LogP contribution in [0, 0.1) is 23.7 Å². The van der Waals surface area contributed by atoms with E-state index in [2.05, 4.69) is 37.9 Å². The maximum Gasteiger partial charge on any atom is 0.225 e. The number of likely N-dealkylation sites (tertiary alicyclic amines) is 1. The second-order valence-corrected chi connectivity index (χ2v) is 6.08. The van der Waals surface area contributed by atoms with Gasteiger partial charge in [-0.2, -0.15) is 0 Å². The van der Waals surface area contributed by atoms with Gasteiger partial charge < -0.3 is 10.2 Å². The van der Waals surface area contributed by atoms with Crippen LogP contribution in [-0.2, 0) is 4.79 Å². The van der Waals surface area contributed by atoms with E-state index in [-0.39, 0.29) is 5.92 Å². The van der Waals surface area contributed by atoms with Gasteiger partial charge in [0.1, 0.15) is 0 Å². The van der Waals surface area contributed by atoms with Crippen LogP contribution in [0.1, 0.15) is 34.1 Å². The molecule has 17 heavy (non-hydrogen) atoms. The lowest BCUT2D eigenvalue weighted by Gasteiger charge is -2.30. The van der Waals surface area contributed by atoms with Crippen molar-refractivity contribution < 1.29 is 4.79 Å². The van der Waals surface area contributed by atoms with Gasteiger partial charge in [-0.15, -0.1) is 0 Å². The molecule has 0 aromatic carbocycles. The minimum absolute atomic E-state index is 0.163. The first kappa shape index (κ1) is 12.9. The Hall–Kier alpha value is -0.570. The van der Waals surface area contributed by atoms with Crippen molar-refractivity contribution >= 4 is 5.91 Å². The van der Waals surface area contributed by atoms with Crippen LogP contribution in [0.2, 0.25) is 0 Å². The molecule has 2 rings (SSSR count). The molecule has 3 heteroatoms. The fourth-order valence-corrected chi connectivity index (χ4v) is 3.35. The molecule has 1 amide bonds. The highest BCUT2D eigenvalue weighted by Gasteiger charge is 2.45. The van der Waals surface area contributed by atoms with Crippen molar-refractivity contribution in [1.29, 1.82) is 0 Å². The Kier molecular flexibility index (Phi) is 3.76. The molecular formula is C14H26N2O. The largest absolute Gasteiger partial charge is 0.339 e. The molecule has 98 valence electrons. The molecule has 0 bridgehead atoms. The maximum absolute atomic E-state index is 12.5. The fourth-order valence-electron chi connectivity index (χ4n) is 3.35. The van der Waals surface area contributed by atoms with E-state index in [0.29, 0.717) is 29.7 Å². The number of carbonyl (C=O) groups is 1. The second-order valence-electron chi connectivity index (χ2n) is 6.08. The molecule has 2 aliphatic heterocycles. The van der Waals surface area contributed by atoms with Gasteiger partial charge in [-0.3, -0.25) is 4.79 Å². The van der Waals surface area contributed by atoms with Gasteiger partial charge in [0.15, 0.2) is 0 Å². The van der Waals surface area contributed by atoms with E-state index >= 15 is 0 Å². The highest BCUT2D eigenvalue weighted by atomic mass is 16.2. The number of fused-ring (bicyclic) bond motifs is 1. The highest BCUT2D eigenvalue weighted by molar-refractivity contribution is 5.79. The van der Waals surface area contributed by atoms with Gasteiger partial charge in [-0.25, -0.2) is 0 Å². The van der Waals surface area contributed by atoms with Gasteiger partial charge in [-0.1, -0.05) is 27.7 Å². The van der Waals surface area contributed by atoms with Crippen LogP contribution >= 0.6 is 0 Å². The summed E-state index contributed by atoms with van der Waals surface area (Å²) >= 11 is 0. The SMILES string of the molecule is CCC1C2CNCC2CN1C(=O)C(C)C(C)C. The summed E-state index contributed by atoms with van der Waals surface area (Å²) in [6.07, 6.45) is 1.10. The number of hydrogen-bond acceptors (Lipinski definition) is 2. The zero-order chi connectivity index (χ0) is 12.6. The average Bonchev–Trinajstić information content (AvgIpc) is 2.85. The van der Waals surface area contributed by atoms with Crippen molar-refractivity contribution in [3.63, 3.8) is 0 Å². The lowest BCUT2D eigenvalue weighted by molar-refractivity contribution is -0.137. The van der Waals surface area contributed by atoms with Crippen LogP contribution in [0.15, 0.2) is 0 Å². The zero-order valence-corrected chi connectivity index (χ0v) is 11.6. The molecule has 0 aliphatic carbocycles. The quantitative estimate of drug-likeness (QED) is 0.812. The number of hydrogen-bond donors (Lipinski definition) is 1. The molecule has 2 fully saturated rings. The smallest absolute Gasteiger partial charge is 0.225 e. The zero-order valence-electron chi connectivity index (χ0n) is 11.6. The molecule has 4 unspecified atom stereocenters. The minimum Gasteiger partial charge on any atom is -0.339 e. The van der Waals surface area contributed by atoms with E-state index in [1.807, 2.05) is 0 Å². The number of amides is 1. The average molecular weight is 238 g/mol. The standard InChI is InChI=1S/C14H26N2O/c1-5-13-12-7-15-6-11(12)8-16(13)14(17)10(4)9(2)3/h9-13,15H,5-8H2,1-4H3. The fraction of sp³-hybridized carbons (Fsp3) is 0.929. The topological polar surface area (TPSA) is 32.3 Å². The van der Waals surface area contributed by atoms with Crippen LogP contribution in [0.3, 0.4) is 0 Å². The number of carbonyl (C=O) groups excluding carboxylic acids is 1. The molecule has 2 aliphatic rings. The molecule has 0 aromatic heterocycles. The molecule has 2 saturated heterocycles. The van der Waals surface area contributed by atoms with E-state index in [0.717, 1.165) is 26.1 Å². The van der Waals surface area contributed by atoms with Crippen molar-refractivity contribution in [2.75, 3.05) is 19.6 Å². The monoisotopic (exact) mass is 238 g/mol. The summed E-state index contributed by atoms with van der Waals surface area (Å²) in [6.45, 7) is 11.7. The van der Waals surface area contributed by atoms with Crippen LogP contribution in [0.25, 0.3) is 0 Å². The molecule has 4 atom stereocenters. The number of rotatable bonds is 3. The van der Waals surface area contributed by atoms with Crippen molar-refractivity contribution in [2.24, 2.45) is 23.7 Å². The Morgan fingerprint density at radius 1 is 1.35 bits per heavy atom. The third kappa shape index (κ3) is 2.22. The Labute approximate surface area is 105 Å². The molecule has 3 nitrogen and oxygen atoms in total. The minimum atomic E-state index is 0.163. The first-order valence-electron chi connectivity index (χ1n) is 7.07. The summed E-state index contributed by atoms with van der Waals surface area (Å²) in [6, 6.07) is 0.476. The van der Waals surface area contributed by atoms with Gasteiger partial charge in [0.2, 0.25) is 5.91 Å².